The van der Waals surface area contributed by atoms with Crippen molar-refractivity contribution in [2.45, 2.75) is 27.7 Å². The molecule has 4 rings (SSSR count). The summed E-state index contributed by atoms with van der Waals surface area (Å²) in [6, 6.07) is 4.80. The monoisotopic (exact) mass is 445 g/mol. The molecule has 1 aromatic carbocycles. The van der Waals surface area contributed by atoms with Crippen molar-refractivity contribution in [3.63, 3.8) is 0 Å². The molecule has 4 aromatic rings. The number of aromatic hydroxyl groups is 1. The molecule has 10 heteroatoms. The fourth-order valence-corrected chi connectivity index (χ4v) is 3.75. The number of aromatic nitrogens is 4. The molecule has 0 unspecified atom stereocenters. The van der Waals surface area contributed by atoms with E-state index in [4.69, 9.17) is 11.5 Å². The van der Waals surface area contributed by atoms with Crippen LogP contribution >= 0.6 is 0 Å². The maximum atomic E-state index is 13.6. The lowest BCUT2D eigenvalue weighted by molar-refractivity contribution is 0.100. The van der Waals surface area contributed by atoms with Gasteiger partial charge in [-0.15, -0.1) is 0 Å². The van der Waals surface area contributed by atoms with Crippen LogP contribution < -0.4 is 22.3 Å². The van der Waals surface area contributed by atoms with Gasteiger partial charge in [0.25, 0.3) is 11.5 Å². The zero-order valence-electron chi connectivity index (χ0n) is 18.6. The van der Waals surface area contributed by atoms with Gasteiger partial charge in [-0.25, -0.2) is 15.0 Å². The maximum Gasteiger partial charge on any atom is 0.266 e. The first-order valence-electron chi connectivity index (χ1n) is 10.1. The lowest BCUT2D eigenvalue weighted by Gasteiger charge is -2.19. The normalized spacial score (nSPS) is 11.0. The molecule has 0 saturated heterocycles. The number of primary amides is 1. The summed E-state index contributed by atoms with van der Waals surface area (Å²) in [5.74, 6) is -0.338. The fourth-order valence-electron chi connectivity index (χ4n) is 3.75. The van der Waals surface area contributed by atoms with E-state index in [1.54, 1.807) is 45.3 Å². The van der Waals surface area contributed by atoms with E-state index in [0.717, 1.165) is 5.56 Å². The third kappa shape index (κ3) is 3.61. The van der Waals surface area contributed by atoms with Gasteiger partial charge in [0.2, 0.25) is 5.95 Å². The number of benzene rings is 1. The molecular weight excluding hydrogens is 422 g/mol. The van der Waals surface area contributed by atoms with E-state index in [0.29, 0.717) is 34.1 Å². The smallest absolute Gasteiger partial charge is 0.266 e. The van der Waals surface area contributed by atoms with Crippen LogP contribution in [0.2, 0.25) is 0 Å². The summed E-state index contributed by atoms with van der Waals surface area (Å²) in [6.07, 6.45) is 3.30. The minimum absolute atomic E-state index is 0.00502. The van der Waals surface area contributed by atoms with Crippen LogP contribution in [-0.2, 0) is 0 Å². The highest BCUT2D eigenvalue weighted by Crippen LogP contribution is 2.31. The summed E-state index contributed by atoms with van der Waals surface area (Å²) in [4.78, 5) is 38.9. The van der Waals surface area contributed by atoms with Gasteiger partial charge in [-0.1, -0.05) is 6.07 Å². The first-order valence-corrected chi connectivity index (χ1v) is 10.1. The second-order valence-corrected chi connectivity index (χ2v) is 7.90. The molecule has 0 radical (unpaired) electrons. The number of nitrogens with one attached hydrogen (secondary N) is 1. The van der Waals surface area contributed by atoms with E-state index in [1.165, 1.54) is 10.6 Å². The van der Waals surface area contributed by atoms with Crippen molar-refractivity contribution < 1.29 is 9.90 Å². The predicted molar refractivity (Wildman–Crippen MR) is 126 cm³/mol. The Kier molecular flexibility index (Phi) is 5.21. The number of fused-ring (bicyclic) bond motifs is 1. The molecule has 1 amide bonds. The number of nitrogen functional groups attached to an aromatic ring is 1. The van der Waals surface area contributed by atoms with Crippen LogP contribution in [0.3, 0.4) is 0 Å². The zero-order chi connectivity index (χ0) is 24.0. The van der Waals surface area contributed by atoms with Gasteiger partial charge in [-0.2, -0.15) is 0 Å². The average molecular weight is 445 g/mol. The second-order valence-electron chi connectivity index (χ2n) is 7.90. The zero-order valence-corrected chi connectivity index (χ0v) is 18.6. The number of aryl methyl sites for hydroxylation is 3. The Morgan fingerprint density at radius 2 is 1.76 bits per heavy atom. The summed E-state index contributed by atoms with van der Waals surface area (Å²) in [5, 5.41) is 13.4. The number of carbonyl (C=O) groups is 1. The topological polar surface area (TPSA) is 162 Å². The van der Waals surface area contributed by atoms with Crippen molar-refractivity contribution in [3.05, 3.63) is 68.8 Å². The van der Waals surface area contributed by atoms with Crippen LogP contribution in [0.5, 0.6) is 5.75 Å². The lowest BCUT2D eigenvalue weighted by atomic mass is 10.0. The number of hydrogen-bond donors (Lipinski definition) is 4. The molecule has 0 aliphatic heterocycles. The van der Waals surface area contributed by atoms with Crippen molar-refractivity contribution in [1.82, 2.24) is 19.5 Å². The van der Waals surface area contributed by atoms with Crippen LogP contribution in [0.25, 0.3) is 16.6 Å². The van der Waals surface area contributed by atoms with Gasteiger partial charge in [0.05, 0.1) is 16.6 Å². The van der Waals surface area contributed by atoms with E-state index in [2.05, 4.69) is 20.3 Å². The number of nitrogens with two attached hydrogens (primary N) is 2. The third-order valence-electron chi connectivity index (χ3n) is 5.47. The highest BCUT2D eigenvalue weighted by molar-refractivity contribution is 6.09. The Hall–Kier alpha value is -4.47. The number of phenols is 1. The average Bonchev–Trinajstić information content (AvgIpc) is 2.76. The summed E-state index contributed by atoms with van der Waals surface area (Å²) < 4.78 is 1.20. The molecule has 0 aliphatic carbocycles. The number of amides is 1. The van der Waals surface area contributed by atoms with Gasteiger partial charge in [-0.3, -0.25) is 14.2 Å². The van der Waals surface area contributed by atoms with E-state index in [-0.39, 0.29) is 28.0 Å². The summed E-state index contributed by atoms with van der Waals surface area (Å²) in [7, 11) is 0. The number of pyridine rings is 2. The van der Waals surface area contributed by atoms with Gasteiger partial charge in [0.15, 0.2) is 0 Å². The van der Waals surface area contributed by atoms with Crippen molar-refractivity contribution in [1.29, 1.82) is 0 Å². The summed E-state index contributed by atoms with van der Waals surface area (Å²) in [6.45, 7) is 7.07. The van der Waals surface area contributed by atoms with Crippen molar-refractivity contribution in [3.8, 4) is 11.4 Å². The molecule has 3 heterocycles. The molecule has 0 saturated carbocycles. The Labute approximate surface area is 188 Å². The van der Waals surface area contributed by atoms with Crippen molar-refractivity contribution in [2.24, 2.45) is 5.73 Å². The van der Waals surface area contributed by atoms with Crippen molar-refractivity contribution >= 4 is 34.4 Å². The number of hydrogen-bond acceptors (Lipinski definition) is 8. The van der Waals surface area contributed by atoms with Crippen LogP contribution in [0.1, 0.15) is 32.6 Å². The Balaban J connectivity index is 2.04. The van der Waals surface area contributed by atoms with Crippen LogP contribution in [0.15, 0.2) is 35.4 Å². The molecule has 3 aromatic heterocycles. The Bertz CT molecular complexity index is 1490. The molecule has 6 N–H and O–H groups in total. The van der Waals surface area contributed by atoms with Crippen LogP contribution in [0.4, 0.5) is 17.6 Å². The highest BCUT2D eigenvalue weighted by Gasteiger charge is 2.24. The SMILES string of the molecule is Cc1cnc(Nc2nc3c(C(N)=O)c(N)n(-c4c(C)ccc(O)c4C)c(=O)c3cc2C)nc1. The molecule has 33 heavy (non-hydrogen) atoms. The number of nitrogens with zero attached hydrogens (tertiary/aromatic N) is 4. The summed E-state index contributed by atoms with van der Waals surface area (Å²) in [5.41, 5.74) is 14.5. The number of carbonyl (C=O) groups excluding carboxylic acids is 1. The molecule has 0 spiro atoms. The van der Waals surface area contributed by atoms with Gasteiger partial charge >= 0.3 is 0 Å². The second kappa shape index (κ2) is 7.90. The highest BCUT2D eigenvalue weighted by atomic mass is 16.3. The minimum atomic E-state index is -0.837. The molecule has 0 aliphatic rings. The molecule has 0 fully saturated rings. The predicted octanol–water partition coefficient (Wildman–Crippen LogP) is 2.54. The van der Waals surface area contributed by atoms with E-state index >= 15 is 0 Å². The first kappa shape index (κ1) is 21.8. The minimum Gasteiger partial charge on any atom is -0.508 e. The molecular formula is C23H23N7O3. The number of phenolic OH excluding ortho intramolecular Hbond substituents is 1. The van der Waals surface area contributed by atoms with E-state index in [9.17, 15) is 14.7 Å². The Morgan fingerprint density at radius 1 is 1.09 bits per heavy atom. The Morgan fingerprint density at radius 3 is 2.39 bits per heavy atom. The van der Waals surface area contributed by atoms with Gasteiger partial charge in [-0.05, 0) is 56.5 Å². The van der Waals surface area contributed by atoms with Crippen molar-refractivity contribution in [2.75, 3.05) is 11.1 Å². The first-order chi connectivity index (χ1) is 15.6. The van der Waals surface area contributed by atoms with E-state index in [1.807, 2.05) is 6.92 Å². The van der Waals surface area contributed by atoms with E-state index < -0.39 is 11.5 Å². The number of rotatable bonds is 4. The largest absolute Gasteiger partial charge is 0.508 e. The molecule has 168 valence electrons. The fraction of sp³-hybridized carbons (Fsp3) is 0.174. The molecule has 0 bridgehead atoms. The van der Waals surface area contributed by atoms with Crippen LogP contribution in [0, 0.1) is 27.7 Å². The third-order valence-corrected chi connectivity index (χ3v) is 5.47. The molecule has 0 atom stereocenters. The van der Waals surface area contributed by atoms with Gasteiger partial charge < -0.3 is 21.9 Å². The number of anilines is 3. The van der Waals surface area contributed by atoms with Crippen LogP contribution in [-0.4, -0.2) is 30.5 Å². The quantitative estimate of drug-likeness (QED) is 0.372. The lowest BCUT2D eigenvalue weighted by Crippen LogP contribution is -2.28. The summed E-state index contributed by atoms with van der Waals surface area (Å²) >= 11 is 0. The maximum absolute atomic E-state index is 13.6. The standard InChI is InChI=1S/C23H23N7O3/c1-10-8-26-23(27-9-10)29-21-12(3)7-14-17(28-21)16(20(25)32)19(24)30(22(14)33)18-11(2)5-6-15(31)13(18)4/h5-9,31H,24H2,1-4H3,(H2,25,32)(H,26,27,28,29). The van der Waals surface area contributed by atoms with Gasteiger partial charge in [0, 0.05) is 18.0 Å². The molecule has 10 nitrogen and oxygen atoms in total. The van der Waals surface area contributed by atoms with Gasteiger partial charge in [0.1, 0.15) is 22.9 Å².